The van der Waals surface area contributed by atoms with Crippen LogP contribution in [0.1, 0.15) is 56.6 Å². The van der Waals surface area contributed by atoms with E-state index in [-0.39, 0.29) is 23.7 Å². The number of hydrogen-bond acceptors (Lipinski definition) is 3. The van der Waals surface area contributed by atoms with E-state index in [1.807, 2.05) is 18.2 Å². The molecule has 4 nitrogen and oxygen atoms in total. The molecule has 0 radical (unpaired) electrons. The topological polar surface area (TPSA) is 55.4 Å². The molecule has 2 atom stereocenters. The zero-order chi connectivity index (χ0) is 18.2. The molecule has 1 aliphatic carbocycles. The Balaban J connectivity index is 1.85. The molecule has 1 aromatic carbocycles. The summed E-state index contributed by atoms with van der Waals surface area (Å²) in [5.74, 6) is 0.303. The van der Waals surface area contributed by atoms with Crippen LogP contribution in [0.25, 0.3) is 6.08 Å². The van der Waals surface area contributed by atoms with Gasteiger partial charge >= 0.3 is 5.97 Å². The molecule has 0 aliphatic heterocycles. The molecule has 1 saturated carbocycles. The minimum atomic E-state index is -0.153. The summed E-state index contributed by atoms with van der Waals surface area (Å²) in [5.41, 5.74) is 2.29. The van der Waals surface area contributed by atoms with Gasteiger partial charge in [-0.2, -0.15) is 0 Å². The number of methoxy groups -OCH3 is 1. The van der Waals surface area contributed by atoms with Gasteiger partial charge in [0.1, 0.15) is 0 Å². The number of hydrogen-bond donors (Lipinski definition) is 1. The van der Waals surface area contributed by atoms with E-state index < -0.39 is 0 Å². The first-order valence-corrected chi connectivity index (χ1v) is 9.15. The normalized spacial score (nSPS) is 20.6. The maximum Gasteiger partial charge on any atom is 0.309 e. The zero-order valence-electron chi connectivity index (χ0n) is 15.5. The molecule has 2 rings (SSSR count). The quantitative estimate of drug-likeness (QED) is 0.629. The molecule has 1 N–H and O–H groups in total. The minimum Gasteiger partial charge on any atom is -0.469 e. The second kappa shape index (κ2) is 9.40. The maximum atomic E-state index is 12.1. The molecule has 136 valence electrons. The highest BCUT2D eigenvalue weighted by Crippen LogP contribution is 2.30. The second-order valence-electron chi connectivity index (χ2n) is 7.07. The first kappa shape index (κ1) is 19.2. The highest BCUT2D eigenvalue weighted by atomic mass is 16.5. The Hall–Kier alpha value is -2.10. The Bertz CT molecular complexity index is 604. The highest BCUT2D eigenvalue weighted by molar-refractivity contribution is 5.91. The Morgan fingerprint density at radius 1 is 1.20 bits per heavy atom. The third kappa shape index (κ3) is 5.73. The molecular weight excluding hydrogens is 314 g/mol. The van der Waals surface area contributed by atoms with Crippen LogP contribution in [-0.2, 0) is 14.3 Å². The maximum absolute atomic E-state index is 12.1. The molecule has 0 heterocycles. The zero-order valence-corrected chi connectivity index (χ0v) is 15.5. The number of carbonyl (C=O) groups is 2. The van der Waals surface area contributed by atoms with E-state index >= 15 is 0 Å². The van der Waals surface area contributed by atoms with E-state index in [4.69, 9.17) is 4.74 Å². The van der Waals surface area contributed by atoms with Crippen LogP contribution >= 0.6 is 0 Å². The first-order chi connectivity index (χ1) is 12.0. The standard InChI is InChI=1S/C21H29NO3/c1-15(2)17-11-8-16(9-12-17)10-13-20(23)22-14-18-6-4-5-7-19(18)21(24)25-3/h8-13,15,18-19H,4-7,14H2,1-3H3,(H,22,23)/b13-10+. The van der Waals surface area contributed by atoms with Crippen molar-refractivity contribution in [1.82, 2.24) is 5.32 Å². The van der Waals surface area contributed by atoms with E-state index in [1.165, 1.54) is 12.7 Å². The molecule has 2 unspecified atom stereocenters. The van der Waals surface area contributed by atoms with Crippen LogP contribution in [0.5, 0.6) is 0 Å². The average Bonchev–Trinajstić information content (AvgIpc) is 2.64. The monoisotopic (exact) mass is 343 g/mol. The van der Waals surface area contributed by atoms with Gasteiger partial charge in [0.15, 0.2) is 0 Å². The summed E-state index contributed by atoms with van der Waals surface area (Å²) in [4.78, 5) is 23.9. The Labute approximate surface area is 150 Å². The lowest BCUT2D eigenvalue weighted by Crippen LogP contribution is -2.37. The number of nitrogens with one attached hydrogen (secondary N) is 1. The lowest BCUT2D eigenvalue weighted by atomic mass is 9.79. The Morgan fingerprint density at radius 2 is 1.88 bits per heavy atom. The fraction of sp³-hybridized carbons (Fsp3) is 0.524. The van der Waals surface area contributed by atoms with E-state index in [0.29, 0.717) is 12.5 Å². The number of amides is 1. The molecule has 4 heteroatoms. The molecule has 0 spiro atoms. The summed E-state index contributed by atoms with van der Waals surface area (Å²) in [6.45, 7) is 4.84. The Morgan fingerprint density at radius 3 is 2.52 bits per heavy atom. The van der Waals surface area contributed by atoms with Gasteiger partial charge in [0, 0.05) is 12.6 Å². The van der Waals surface area contributed by atoms with Gasteiger partial charge in [0.2, 0.25) is 5.91 Å². The first-order valence-electron chi connectivity index (χ1n) is 9.15. The summed E-state index contributed by atoms with van der Waals surface area (Å²) in [6, 6.07) is 8.22. The summed E-state index contributed by atoms with van der Waals surface area (Å²) in [6.07, 6.45) is 7.34. The van der Waals surface area contributed by atoms with Gasteiger partial charge in [-0.15, -0.1) is 0 Å². The van der Waals surface area contributed by atoms with Crippen molar-refractivity contribution in [2.24, 2.45) is 11.8 Å². The fourth-order valence-electron chi connectivity index (χ4n) is 3.37. The van der Waals surface area contributed by atoms with Crippen LogP contribution in [0.4, 0.5) is 0 Å². The number of carbonyl (C=O) groups excluding carboxylic acids is 2. The third-order valence-electron chi connectivity index (χ3n) is 4.98. The van der Waals surface area contributed by atoms with Crippen LogP contribution in [0, 0.1) is 11.8 Å². The summed E-state index contributed by atoms with van der Waals surface area (Å²) in [7, 11) is 1.43. The molecule has 1 amide bonds. The van der Waals surface area contributed by atoms with Gasteiger partial charge < -0.3 is 10.1 Å². The molecule has 0 bridgehead atoms. The van der Waals surface area contributed by atoms with Gasteiger partial charge in [-0.1, -0.05) is 51.0 Å². The van der Waals surface area contributed by atoms with Crippen LogP contribution in [0.15, 0.2) is 30.3 Å². The molecule has 0 saturated heterocycles. The van der Waals surface area contributed by atoms with Gasteiger partial charge in [0.25, 0.3) is 0 Å². The molecule has 0 aromatic heterocycles. The van der Waals surface area contributed by atoms with Gasteiger partial charge in [-0.3, -0.25) is 9.59 Å². The van der Waals surface area contributed by atoms with E-state index in [1.54, 1.807) is 6.08 Å². The third-order valence-corrected chi connectivity index (χ3v) is 4.98. The van der Waals surface area contributed by atoms with Crippen molar-refractivity contribution < 1.29 is 14.3 Å². The van der Waals surface area contributed by atoms with Crippen molar-refractivity contribution in [1.29, 1.82) is 0 Å². The number of benzene rings is 1. The summed E-state index contributed by atoms with van der Waals surface area (Å²) < 4.78 is 4.89. The number of ether oxygens (including phenoxy) is 1. The minimum absolute atomic E-state index is 0.0911. The van der Waals surface area contributed by atoms with E-state index in [0.717, 1.165) is 31.2 Å². The highest BCUT2D eigenvalue weighted by Gasteiger charge is 2.31. The lowest BCUT2D eigenvalue weighted by molar-refractivity contribution is -0.148. The van der Waals surface area contributed by atoms with E-state index in [9.17, 15) is 9.59 Å². The van der Waals surface area contributed by atoms with Crippen LogP contribution in [-0.4, -0.2) is 25.5 Å². The van der Waals surface area contributed by atoms with Crippen molar-refractivity contribution in [2.45, 2.75) is 45.4 Å². The van der Waals surface area contributed by atoms with Gasteiger partial charge in [-0.05, 0) is 41.9 Å². The van der Waals surface area contributed by atoms with Crippen molar-refractivity contribution in [3.05, 3.63) is 41.5 Å². The van der Waals surface area contributed by atoms with Crippen LogP contribution < -0.4 is 5.32 Å². The predicted octanol–water partition coefficient (Wildman–Crippen LogP) is 3.92. The van der Waals surface area contributed by atoms with Crippen molar-refractivity contribution in [3.63, 3.8) is 0 Å². The molecular formula is C21H29NO3. The molecule has 1 fully saturated rings. The predicted molar refractivity (Wildman–Crippen MR) is 100 cm³/mol. The SMILES string of the molecule is COC(=O)C1CCCCC1CNC(=O)/C=C/c1ccc(C(C)C)cc1. The van der Waals surface area contributed by atoms with Crippen molar-refractivity contribution in [3.8, 4) is 0 Å². The number of esters is 1. The van der Waals surface area contributed by atoms with Crippen molar-refractivity contribution in [2.75, 3.05) is 13.7 Å². The molecule has 1 aliphatic rings. The second-order valence-corrected chi connectivity index (χ2v) is 7.07. The lowest BCUT2D eigenvalue weighted by Gasteiger charge is -2.29. The van der Waals surface area contributed by atoms with Gasteiger partial charge in [0.05, 0.1) is 13.0 Å². The van der Waals surface area contributed by atoms with Crippen LogP contribution in [0.2, 0.25) is 0 Å². The largest absolute Gasteiger partial charge is 0.469 e. The van der Waals surface area contributed by atoms with Crippen molar-refractivity contribution >= 4 is 18.0 Å². The smallest absolute Gasteiger partial charge is 0.309 e. The summed E-state index contributed by atoms with van der Waals surface area (Å²) in [5, 5.41) is 2.93. The Kier molecular flexibility index (Phi) is 7.23. The summed E-state index contributed by atoms with van der Waals surface area (Å²) >= 11 is 0. The molecule has 1 aromatic rings. The van der Waals surface area contributed by atoms with Gasteiger partial charge in [-0.25, -0.2) is 0 Å². The fourth-order valence-corrected chi connectivity index (χ4v) is 3.37. The molecule has 25 heavy (non-hydrogen) atoms. The van der Waals surface area contributed by atoms with E-state index in [2.05, 4.69) is 31.3 Å². The number of rotatable bonds is 6. The van der Waals surface area contributed by atoms with Crippen LogP contribution in [0.3, 0.4) is 0 Å². The average molecular weight is 343 g/mol.